The fourth-order valence-electron chi connectivity index (χ4n) is 1.75. The van der Waals surface area contributed by atoms with Gasteiger partial charge in [0.25, 0.3) is 0 Å². The predicted molar refractivity (Wildman–Crippen MR) is 87.7 cm³/mol. The third-order valence-corrected chi connectivity index (χ3v) is 8.61. The molecule has 0 radical (unpaired) electrons. The minimum absolute atomic E-state index is 0.102. The predicted octanol–water partition coefficient (Wildman–Crippen LogP) is 4.92. The Hall–Kier alpha value is -0.933. The summed E-state index contributed by atoms with van der Waals surface area (Å²) in [5, 5.41) is 0.108. The van der Waals surface area contributed by atoms with Gasteiger partial charge in [0.15, 0.2) is 14.1 Å². The highest BCUT2D eigenvalue weighted by atomic mass is 28.4. The summed E-state index contributed by atoms with van der Waals surface area (Å²) in [4.78, 5) is 12.7. The third kappa shape index (κ3) is 4.03. The van der Waals surface area contributed by atoms with Crippen molar-refractivity contribution in [2.75, 3.05) is 0 Å². The zero-order chi connectivity index (χ0) is 15.6. The number of hydrogen-bond acceptors (Lipinski definition) is 2. The first-order valence-corrected chi connectivity index (χ1v) is 10.2. The molecule has 0 N–H and O–H groups in total. The topological polar surface area (TPSA) is 26.3 Å². The quantitative estimate of drug-likeness (QED) is 0.569. The van der Waals surface area contributed by atoms with Crippen molar-refractivity contribution in [3.63, 3.8) is 0 Å². The lowest BCUT2D eigenvalue weighted by atomic mass is 9.98. The van der Waals surface area contributed by atoms with Crippen molar-refractivity contribution in [3.05, 3.63) is 35.9 Å². The Morgan fingerprint density at radius 1 is 1.10 bits per heavy atom. The molecule has 0 saturated carbocycles. The summed E-state index contributed by atoms with van der Waals surface area (Å²) in [6.45, 7) is 15.1. The first-order chi connectivity index (χ1) is 9.06. The van der Waals surface area contributed by atoms with E-state index in [0.717, 1.165) is 5.56 Å². The summed E-state index contributed by atoms with van der Waals surface area (Å²) in [5.74, 6) is 0.280. The number of Topliss-reactive ketones (excluding diaryl/α,β-unsaturated/α-hetero) is 1. The second-order valence-electron chi connectivity index (χ2n) is 7.27. The Labute approximate surface area is 124 Å². The molecule has 1 unspecified atom stereocenters. The maximum atomic E-state index is 12.7. The van der Waals surface area contributed by atoms with Crippen molar-refractivity contribution >= 4 is 14.1 Å². The zero-order valence-corrected chi connectivity index (χ0v) is 14.9. The van der Waals surface area contributed by atoms with Gasteiger partial charge in [-0.15, -0.1) is 0 Å². The second-order valence-corrected chi connectivity index (χ2v) is 12.0. The van der Waals surface area contributed by atoms with E-state index in [9.17, 15) is 4.79 Å². The molecule has 0 aliphatic carbocycles. The number of benzene rings is 1. The first-order valence-electron chi connectivity index (χ1n) is 7.33. The number of carbonyl (C=O) groups excluding carboxylic acids is 1. The highest BCUT2D eigenvalue weighted by molar-refractivity contribution is 6.74. The van der Waals surface area contributed by atoms with Gasteiger partial charge in [-0.3, -0.25) is 4.79 Å². The van der Waals surface area contributed by atoms with Crippen molar-refractivity contribution in [1.82, 2.24) is 0 Å². The molecule has 0 amide bonds. The van der Waals surface area contributed by atoms with Crippen molar-refractivity contribution in [2.24, 2.45) is 5.92 Å². The van der Waals surface area contributed by atoms with Gasteiger partial charge < -0.3 is 4.43 Å². The number of rotatable bonds is 5. The molecule has 0 saturated heterocycles. The van der Waals surface area contributed by atoms with Gasteiger partial charge >= 0.3 is 0 Å². The van der Waals surface area contributed by atoms with E-state index in [2.05, 4.69) is 47.7 Å². The van der Waals surface area contributed by atoms with E-state index in [4.69, 9.17) is 4.43 Å². The van der Waals surface area contributed by atoms with Crippen LogP contribution in [0.5, 0.6) is 0 Å². The molecule has 2 nitrogen and oxygen atoms in total. The van der Waals surface area contributed by atoms with Gasteiger partial charge in [-0.25, -0.2) is 0 Å². The maximum absolute atomic E-state index is 12.7. The van der Waals surface area contributed by atoms with Crippen molar-refractivity contribution in [1.29, 1.82) is 0 Å². The van der Waals surface area contributed by atoms with E-state index in [1.54, 1.807) is 0 Å². The monoisotopic (exact) mass is 292 g/mol. The molecule has 0 aromatic heterocycles. The van der Waals surface area contributed by atoms with Gasteiger partial charge in [-0.1, -0.05) is 65.0 Å². The average molecular weight is 292 g/mol. The van der Waals surface area contributed by atoms with Crippen LogP contribution in [0.3, 0.4) is 0 Å². The lowest BCUT2D eigenvalue weighted by Gasteiger charge is -2.40. The fourth-order valence-corrected chi connectivity index (χ4v) is 3.12. The van der Waals surface area contributed by atoms with Crippen LogP contribution >= 0.6 is 0 Å². The van der Waals surface area contributed by atoms with Gasteiger partial charge in [-0.2, -0.15) is 0 Å². The lowest BCUT2D eigenvalue weighted by Crippen LogP contribution is -2.47. The van der Waals surface area contributed by atoms with E-state index >= 15 is 0 Å². The largest absolute Gasteiger partial charge is 0.406 e. The van der Waals surface area contributed by atoms with Crippen molar-refractivity contribution in [3.8, 4) is 0 Å². The SMILES string of the molecule is CC(C)C(O[Si](C)(C)C(C)(C)C)C(=O)c1ccccc1. The van der Waals surface area contributed by atoms with E-state index in [-0.39, 0.29) is 22.8 Å². The number of hydrogen-bond donors (Lipinski definition) is 0. The van der Waals surface area contributed by atoms with E-state index in [0.29, 0.717) is 0 Å². The van der Waals surface area contributed by atoms with Crippen LogP contribution in [0.4, 0.5) is 0 Å². The summed E-state index contributed by atoms with van der Waals surface area (Å²) < 4.78 is 6.37. The summed E-state index contributed by atoms with van der Waals surface area (Å²) in [6.07, 6.45) is -0.349. The van der Waals surface area contributed by atoms with Crippen LogP contribution in [0, 0.1) is 5.92 Å². The molecule has 0 aliphatic heterocycles. The molecule has 1 rings (SSSR count). The minimum Gasteiger partial charge on any atom is -0.406 e. The summed E-state index contributed by atoms with van der Waals surface area (Å²) in [5.41, 5.74) is 0.741. The van der Waals surface area contributed by atoms with Crippen LogP contribution in [0.15, 0.2) is 30.3 Å². The van der Waals surface area contributed by atoms with Gasteiger partial charge in [0.1, 0.15) is 6.10 Å². The molecule has 0 aliphatic rings. The highest BCUT2D eigenvalue weighted by Gasteiger charge is 2.41. The van der Waals surface area contributed by atoms with Crippen molar-refractivity contribution < 1.29 is 9.22 Å². The van der Waals surface area contributed by atoms with Crippen LogP contribution < -0.4 is 0 Å². The smallest absolute Gasteiger partial charge is 0.193 e. The minimum atomic E-state index is -1.95. The summed E-state index contributed by atoms with van der Waals surface area (Å²) >= 11 is 0. The molecule has 1 aromatic carbocycles. The molecule has 0 bridgehead atoms. The Kier molecular flexibility index (Phi) is 5.33. The van der Waals surface area contributed by atoms with Crippen LogP contribution in [-0.4, -0.2) is 20.2 Å². The second kappa shape index (κ2) is 6.23. The molecular weight excluding hydrogens is 264 g/mol. The molecule has 20 heavy (non-hydrogen) atoms. The van der Waals surface area contributed by atoms with E-state index < -0.39 is 8.32 Å². The van der Waals surface area contributed by atoms with E-state index in [1.165, 1.54) is 0 Å². The number of carbonyl (C=O) groups is 1. The van der Waals surface area contributed by atoms with Crippen molar-refractivity contribution in [2.45, 2.75) is 58.9 Å². The third-order valence-electron chi connectivity index (χ3n) is 4.15. The van der Waals surface area contributed by atoms with Gasteiger partial charge in [0.05, 0.1) is 0 Å². The number of ketones is 1. The average Bonchev–Trinajstić information content (AvgIpc) is 2.34. The fraction of sp³-hybridized carbons (Fsp3) is 0.588. The lowest BCUT2D eigenvalue weighted by molar-refractivity contribution is 0.0676. The van der Waals surface area contributed by atoms with Crippen LogP contribution in [0.1, 0.15) is 45.0 Å². The molecule has 0 heterocycles. The van der Waals surface area contributed by atoms with Crippen LogP contribution in [-0.2, 0) is 4.43 Å². The standard InChI is InChI=1S/C17H28O2Si/c1-13(2)16(19-20(6,7)17(3,4)5)15(18)14-11-9-8-10-12-14/h8-13,16H,1-7H3. The van der Waals surface area contributed by atoms with Crippen LogP contribution in [0.2, 0.25) is 18.1 Å². The summed E-state index contributed by atoms with van der Waals surface area (Å²) in [6, 6.07) is 9.46. The zero-order valence-electron chi connectivity index (χ0n) is 13.9. The van der Waals surface area contributed by atoms with Gasteiger partial charge in [-0.05, 0) is 24.1 Å². The first kappa shape index (κ1) is 17.1. The molecule has 0 spiro atoms. The van der Waals surface area contributed by atoms with Gasteiger partial charge in [0, 0.05) is 5.56 Å². The summed E-state index contributed by atoms with van der Waals surface area (Å²) in [7, 11) is -1.95. The molecule has 1 aromatic rings. The van der Waals surface area contributed by atoms with E-state index in [1.807, 2.05) is 30.3 Å². The molecule has 0 fully saturated rings. The van der Waals surface area contributed by atoms with Gasteiger partial charge in [0.2, 0.25) is 0 Å². The molecule has 112 valence electrons. The van der Waals surface area contributed by atoms with Crippen LogP contribution in [0.25, 0.3) is 0 Å². The molecular formula is C17H28O2Si. The maximum Gasteiger partial charge on any atom is 0.193 e. The Balaban J connectivity index is 3.00. The normalized spacial score (nSPS) is 14.4. The Morgan fingerprint density at radius 2 is 1.60 bits per heavy atom. The Bertz CT molecular complexity index is 444. The molecule has 3 heteroatoms. The highest BCUT2D eigenvalue weighted by Crippen LogP contribution is 2.38. The molecule has 1 atom stereocenters. The Morgan fingerprint density at radius 3 is 2.00 bits per heavy atom.